The van der Waals surface area contributed by atoms with Gasteiger partial charge in [-0.25, -0.2) is 0 Å². The van der Waals surface area contributed by atoms with Gasteiger partial charge < -0.3 is 15.1 Å². The van der Waals surface area contributed by atoms with E-state index in [4.69, 9.17) is 5.11 Å². The first-order chi connectivity index (χ1) is 15.6. The largest absolute Gasteiger partial charge is 0.507 e. The van der Waals surface area contributed by atoms with E-state index >= 15 is 0 Å². The van der Waals surface area contributed by atoms with E-state index in [1.54, 1.807) is 0 Å². The van der Waals surface area contributed by atoms with Crippen molar-refractivity contribution in [1.82, 2.24) is 4.90 Å². The Hall–Kier alpha value is -4.61. The summed E-state index contributed by atoms with van der Waals surface area (Å²) in [4.78, 5) is 58.3. The molecule has 0 saturated carbocycles. The van der Waals surface area contributed by atoms with Gasteiger partial charge in [-0.1, -0.05) is 12.1 Å². The van der Waals surface area contributed by atoms with E-state index in [2.05, 4.69) is 0 Å². The van der Waals surface area contributed by atoms with Crippen molar-refractivity contribution in [3.8, 4) is 0 Å². The number of nitro groups is 2. The van der Waals surface area contributed by atoms with E-state index in [0.29, 0.717) is 0 Å². The van der Waals surface area contributed by atoms with Crippen LogP contribution in [0.25, 0.3) is 5.76 Å². The number of nitro benzene ring substituents is 2. The van der Waals surface area contributed by atoms with Gasteiger partial charge in [0.05, 0.1) is 21.5 Å². The monoisotopic (exact) mass is 455 g/mol. The average molecular weight is 455 g/mol. The molecule has 2 aromatic carbocycles. The number of benzene rings is 2. The molecule has 1 aliphatic heterocycles. The Morgan fingerprint density at radius 2 is 1.61 bits per heavy atom. The summed E-state index contributed by atoms with van der Waals surface area (Å²) in [5.41, 5.74) is -0.721. The molecular formula is C21H17N3O9. The number of hydrogen-bond donors (Lipinski definition) is 2. The molecule has 1 aliphatic rings. The molecule has 1 atom stereocenters. The number of aliphatic hydroxyl groups is 1. The summed E-state index contributed by atoms with van der Waals surface area (Å²) in [5, 5.41) is 41.9. The minimum atomic E-state index is -1.21. The molecule has 1 heterocycles. The summed E-state index contributed by atoms with van der Waals surface area (Å²) in [7, 11) is 0. The van der Waals surface area contributed by atoms with Gasteiger partial charge in [-0.3, -0.25) is 34.6 Å². The number of amides is 1. The van der Waals surface area contributed by atoms with Crippen molar-refractivity contribution in [3.63, 3.8) is 0 Å². The second kappa shape index (κ2) is 9.26. The Kier molecular flexibility index (Phi) is 6.47. The molecule has 0 aromatic heterocycles. The zero-order valence-corrected chi connectivity index (χ0v) is 16.9. The van der Waals surface area contributed by atoms with Crippen LogP contribution in [0, 0.1) is 20.2 Å². The zero-order valence-electron chi connectivity index (χ0n) is 16.9. The Balaban J connectivity index is 2.13. The Bertz CT molecular complexity index is 1190. The summed E-state index contributed by atoms with van der Waals surface area (Å²) in [6, 6.07) is 8.59. The van der Waals surface area contributed by atoms with Crippen molar-refractivity contribution in [2.75, 3.05) is 6.54 Å². The van der Waals surface area contributed by atoms with Crippen molar-refractivity contribution >= 4 is 34.8 Å². The number of carboxylic acid groups (broad SMARTS) is 1. The molecule has 12 nitrogen and oxygen atoms in total. The number of carboxylic acids is 1. The lowest BCUT2D eigenvalue weighted by atomic mass is 9.95. The predicted molar refractivity (Wildman–Crippen MR) is 112 cm³/mol. The fourth-order valence-corrected chi connectivity index (χ4v) is 3.56. The van der Waals surface area contributed by atoms with Gasteiger partial charge in [0.2, 0.25) is 0 Å². The van der Waals surface area contributed by atoms with Crippen LogP contribution in [0.15, 0.2) is 54.1 Å². The number of Topliss-reactive ketones (excluding diaryl/α,β-unsaturated/α-hetero) is 1. The van der Waals surface area contributed by atoms with E-state index in [1.807, 2.05) is 0 Å². The third-order valence-corrected chi connectivity index (χ3v) is 5.08. The molecule has 1 fully saturated rings. The highest BCUT2D eigenvalue weighted by Crippen LogP contribution is 2.40. The van der Waals surface area contributed by atoms with Crippen molar-refractivity contribution in [2.45, 2.75) is 18.9 Å². The van der Waals surface area contributed by atoms with Gasteiger partial charge in [0.25, 0.3) is 23.1 Å². The van der Waals surface area contributed by atoms with Crippen molar-refractivity contribution in [3.05, 3.63) is 85.5 Å². The van der Waals surface area contributed by atoms with E-state index in [1.165, 1.54) is 30.3 Å². The lowest BCUT2D eigenvalue weighted by molar-refractivity contribution is -0.385. The highest BCUT2D eigenvalue weighted by atomic mass is 16.6. The lowest BCUT2D eigenvalue weighted by Crippen LogP contribution is -2.31. The topological polar surface area (TPSA) is 181 Å². The second-order valence-corrected chi connectivity index (χ2v) is 7.15. The van der Waals surface area contributed by atoms with Gasteiger partial charge in [0.1, 0.15) is 5.76 Å². The van der Waals surface area contributed by atoms with Crippen molar-refractivity contribution in [2.24, 2.45) is 0 Å². The molecule has 170 valence electrons. The van der Waals surface area contributed by atoms with Gasteiger partial charge >= 0.3 is 5.97 Å². The summed E-state index contributed by atoms with van der Waals surface area (Å²) < 4.78 is 0. The maximum Gasteiger partial charge on any atom is 0.303 e. The third kappa shape index (κ3) is 4.69. The van der Waals surface area contributed by atoms with Gasteiger partial charge in [-0.15, -0.1) is 0 Å². The fraction of sp³-hybridized carbons (Fsp3) is 0.190. The predicted octanol–water partition coefficient (Wildman–Crippen LogP) is 2.79. The van der Waals surface area contributed by atoms with Crippen LogP contribution in [0.5, 0.6) is 0 Å². The molecule has 12 heteroatoms. The molecule has 0 radical (unpaired) electrons. The van der Waals surface area contributed by atoms with Gasteiger partial charge in [0, 0.05) is 42.8 Å². The molecular weight excluding hydrogens is 438 g/mol. The van der Waals surface area contributed by atoms with Gasteiger partial charge in [-0.2, -0.15) is 0 Å². The Labute approximate surface area is 185 Å². The van der Waals surface area contributed by atoms with E-state index in [9.17, 15) is 39.7 Å². The van der Waals surface area contributed by atoms with Crippen LogP contribution in [0.2, 0.25) is 0 Å². The number of aliphatic carboxylic acids is 1. The Morgan fingerprint density at radius 3 is 2.18 bits per heavy atom. The number of ketones is 1. The van der Waals surface area contributed by atoms with Crippen LogP contribution in [-0.4, -0.2) is 49.2 Å². The summed E-state index contributed by atoms with van der Waals surface area (Å²) in [5.74, 6) is -3.78. The maximum absolute atomic E-state index is 12.8. The highest BCUT2D eigenvalue weighted by molar-refractivity contribution is 6.46. The molecule has 0 bridgehead atoms. The van der Waals surface area contributed by atoms with E-state index in [-0.39, 0.29) is 47.5 Å². The average Bonchev–Trinajstić information content (AvgIpc) is 3.03. The quantitative estimate of drug-likeness (QED) is 0.199. The van der Waals surface area contributed by atoms with E-state index in [0.717, 1.165) is 23.1 Å². The number of non-ortho nitro benzene ring substituents is 2. The minimum absolute atomic E-state index is 0.00531. The first-order valence-corrected chi connectivity index (χ1v) is 9.61. The number of rotatable bonds is 8. The molecule has 1 saturated heterocycles. The fourth-order valence-electron chi connectivity index (χ4n) is 3.56. The van der Waals surface area contributed by atoms with Crippen LogP contribution >= 0.6 is 0 Å². The molecule has 1 unspecified atom stereocenters. The highest BCUT2D eigenvalue weighted by Gasteiger charge is 2.46. The van der Waals surface area contributed by atoms with Crippen LogP contribution in [0.3, 0.4) is 0 Å². The molecule has 2 aromatic rings. The van der Waals surface area contributed by atoms with Crippen LogP contribution in [0.4, 0.5) is 11.4 Å². The second-order valence-electron chi connectivity index (χ2n) is 7.15. The number of likely N-dealkylation sites (tertiary alicyclic amines) is 1. The molecule has 0 spiro atoms. The SMILES string of the molecule is O=C(O)CCCN1C(=O)C(=O)/C(=C(/O)c2ccc([N+](=O)[O-])cc2)C1c1cccc([N+](=O)[O-])c1. The van der Waals surface area contributed by atoms with Crippen LogP contribution < -0.4 is 0 Å². The van der Waals surface area contributed by atoms with Gasteiger partial charge in [0.15, 0.2) is 0 Å². The molecule has 3 rings (SSSR count). The van der Waals surface area contributed by atoms with E-state index < -0.39 is 39.3 Å². The summed E-state index contributed by atoms with van der Waals surface area (Å²) in [6.45, 7) is -0.152. The molecule has 33 heavy (non-hydrogen) atoms. The minimum Gasteiger partial charge on any atom is -0.507 e. The lowest BCUT2D eigenvalue weighted by Gasteiger charge is -2.25. The number of aliphatic hydroxyl groups excluding tert-OH is 1. The van der Waals surface area contributed by atoms with Crippen molar-refractivity contribution in [1.29, 1.82) is 0 Å². The molecule has 0 aliphatic carbocycles. The molecule has 1 amide bonds. The normalized spacial score (nSPS) is 17.2. The van der Waals surface area contributed by atoms with Crippen LogP contribution in [0.1, 0.15) is 30.0 Å². The smallest absolute Gasteiger partial charge is 0.303 e. The third-order valence-electron chi connectivity index (χ3n) is 5.08. The maximum atomic E-state index is 12.8. The standard InChI is InChI=1S/C21H17N3O9/c25-16(26)5-2-10-22-18(13-3-1-4-15(11-13)24(32)33)17(20(28)21(22)29)19(27)12-6-8-14(9-7-12)23(30)31/h1,3-4,6-9,11,18,27H,2,5,10H2,(H,25,26)/b19-17+. The number of carbonyl (C=O) groups is 3. The number of nitrogens with zero attached hydrogens (tertiary/aromatic N) is 3. The first-order valence-electron chi connectivity index (χ1n) is 9.61. The summed E-state index contributed by atoms with van der Waals surface area (Å²) >= 11 is 0. The number of carbonyl (C=O) groups excluding carboxylic acids is 2. The molecule has 2 N–H and O–H groups in total. The van der Waals surface area contributed by atoms with Gasteiger partial charge in [-0.05, 0) is 24.1 Å². The zero-order chi connectivity index (χ0) is 24.3. The first kappa shape index (κ1) is 23.1. The number of hydrogen-bond acceptors (Lipinski definition) is 8. The Morgan fingerprint density at radius 1 is 0.970 bits per heavy atom. The summed E-state index contributed by atoms with van der Waals surface area (Å²) in [6.07, 6.45) is -0.279. The van der Waals surface area contributed by atoms with Crippen molar-refractivity contribution < 1.29 is 34.4 Å². The van der Waals surface area contributed by atoms with Crippen LogP contribution in [-0.2, 0) is 14.4 Å².